The van der Waals surface area contributed by atoms with Crippen molar-refractivity contribution in [2.45, 2.75) is 25.8 Å². The van der Waals surface area contributed by atoms with Gasteiger partial charge in [0.1, 0.15) is 15.6 Å². The fourth-order valence-electron chi connectivity index (χ4n) is 1.66. The van der Waals surface area contributed by atoms with Crippen molar-refractivity contribution in [2.24, 2.45) is 0 Å². The van der Waals surface area contributed by atoms with Gasteiger partial charge in [0.2, 0.25) is 0 Å². The number of hydrogen-bond donors (Lipinski definition) is 1. The Kier molecular flexibility index (Phi) is 5.69. The lowest BCUT2D eigenvalue weighted by molar-refractivity contribution is 0.389. The summed E-state index contributed by atoms with van der Waals surface area (Å²) < 4.78 is 28.3. The second-order valence-corrected chi connectivity index (χ2v) is 7.07. The van der Waals surface area contributed by atoms with Crippen LogP contribution in [0.15, 0.2) is 21.2 Å². The van der Waals surface area contributed by atoms with Crippen LogP contribution in [0.25, 0.3) is 0 Å². The van der Waals surface area contributed by atoms with Gasteiger partial charge in [-0.05, 0) is 47.4 Å². The third-order valence-electron chi connectivity index (χ3n) is 2.40. The van der Waals surface area contributed by atoms with Crippen molar-refractivity contribution in [3.8, 4) is 0 Å². The average Bonchev–Trinajstić information content (AvgIpc) is 2.62. The standard InChI is InChI=1S/C11H18BrNO3S/c1-3-13-9(5-4-8-17(2,14)15)10-6-7-11(12)16-10/h6-7,9,13H,3-5,8H2,1-2H3. The first-order valence-corrected chi connectivity index (χ1v) is 8.44. The maximum absolute atomic E-state index is 11.1. The molecule has 0 aliphatic heterocycles. The Morgan fingerprint density at radius 2 is 2.18 bits per heavy atom. The normalized spacial score (nSPS) is 13.8. The van der Waals surface area contributed by atoms with Gasteiger partial charge in [-0.1, -0.05) is 6.92 Å². The minimum absolute atomic E-state index is 0.0769. The SMILES string of the molecule is CCNC(CCCS(C)(=O)=O)c1ccc(Br)o1. The maximum atomic E-state index is 11.1. The monoisotopic (exact) mass is 323 g/mol. The second-order valence-electron chi connectivity index (χ2n) is 4.02. The van der Waals surface area contributed by atoms with Crippen LogP contribution in [0.5, 0.6) is 0 Å². The van der Waals surface area contributed by atoms with Gasteiger partial charge < -0.3 is 9.73 Å². The van der Waals surface area contributed by atoms with E-state index in [4.69, 9.17) is 4.42 Å². The summed E-state index contributed by atoms with van der Waals surface area (Å²) >= 11 is 3.26. The zero-order chi connectivity index (χ0) is 12.9. The highest BCUT2D eigenvalue weighted by Gasteiger charge is 2.15. The van der Waals surface area contributed by atoms with Gasteiger partial charge in [-0.2, -0.15) is 0 Å². The Hall–Kier alpha value is -0.330. The summed E-state index contributed by atoms with van der Waals surface area (Å²) in [4.78, 5) is 0. The van der Waals surface area contributed by atoms with Gasteiger partial charge in [-0.3, -0.25) is 0 Å². The Labute approximate surface area is 111 Å². The molecule has 1 unspecified atom stereocenters. The highest BCUT2D eigenvalue weighted by molar-refractivity contribution is 9.10. The predicted molar refractivity (Wildman–Crippen MR) is 71.8 cm³/mol. The molecule has 98 valence electrons. The number of rotatable bonds is 7. The van der Waals surface area contributed by atoms with Crippen LogP contribution in [0.4, 0.5) is 0 Å². The molecular weight excluding hydrogens is 306 g/mol. The molecule has 4 nitrogen and oxygen atoms in total. The van der Waals surface area contributed by atoms with E-state index in [0.717, 1.165) is 18.7 Å². The molecule has 1 N–H and O–H groups in total. The summed E-state index contributed by atoms with van der Waals surface area (Å²) in [6.45, 7) is 2.84. The first kappa shape index (κ1) is 14.7. The number of hydrogen-bond acceptors (Lipinski definition) is 4. The van der Waals surface area contributed by atoms with E-state index in [-0.39, 0.29) is 11.8 Å². The molecule has 0 saturated heterocycles. The second kappa shape index (κ2) is 6.56. The van der Waals surface area contributed by atoms with Gasteiger partial charge in [0.05, 0.1) is 6.04 Å². The van der Waals surface area contributed by atoms with Crippen LogP contribution in [0.2, 0.25) is 0 Å². The van der Waals surface area contributed by atoms with E-state index in [1.54, 1.807) is 0 Å². The molecule has 0 aromatic carbocycles. The van der Waals surface area contributed by atoms with E-state index in [0.29, 0.717) is 11.1 Å². The fraction of sp³-hybridized carbons (Fsp3) is 0.636. The lowest BCUT2D eigenvalue weighted by Crippen LogP contribution is -2.21. The Morgan fingerprint density at radius 1 is 1.47 bits per heavy atom. The van der Waals surface area contributed by atoms with Gasteiger partial charge >= 0.3 is 0 Å². The summed E-state index contributed by atoms with van der Waals surface area (Å²) in [7, 11) is -2.88. The summed E-state index contributed by atoms with van der Waals surface area (Å²) in [5.41, 5.74) is 0. The fourth-order valence-corrected chi connectivity index (χ4v) is 2.67. The number of nitrogens with one attached hydrogen (secondary N) is 1. The number of halogens is 1. The summed E-state index contributed by atoms with van der Waals surface area (Å²) in [6, 6.07) is 3.82. The molecule has 1 aromatic rings. The lowest BCUT2D eigenvalue weighted by atomic mass is 10.1. The molecule has 1 rings (SSSR count). The highest BCUT2D eigenvalue weighted by Crippen LogP contribution is 2.23. The van der Waals surface area contributed by atoms with E-state index in [9.17, 15) is 8.42 Å². The van der Waals surface area contributed by atoms with Gasteiger partial charge in [0.15, 0.2) is 4.67 Å². The van der Waals surface area contributed by atoms with E-state index in [1.165, 1.54) is 6.26 Å². The lowest BCUT2D eigenvalue weighted by Gasteiger charge is -2.14. The van der Waals surface area contributed by atoms with Crippen molar-refractivity contribution in [3.05, 3.63) is 22.6 Å². The molecule has 17 heavy (non-hydrogen) atoms. The van der Waals surface area contributed by atoms with E-state index < -0.39 is 9.84 Å². The van der Waals surface area contributed by atoms with Crippen molar-refractivity contribution in [2.75, 3.05) is 18.6 Å². The zero-order valence-electron chi connectivity index (χ0n) is 10.1. The van der Waals surface area contributed by atoms with Crippen LogP contribution in [0.3, 0.4) is 0 Å². The molecule has 1 atom stereocenters. The molecule has 1 aromatic heterocycles. The third-order valence-corrected chi connectivity index (χ3v) is 3.85. The Bertz CT molecular complexity index is 441. The molecule has 0 aliphatic carbocycles. The van der Waals surface area contributed by atoms with Crippen LogP contribution < -0.4 is 5.32 Å². The summed E-state index contributed by atoms with van der Waals surface area (Å²) in [5.74, 6) is 1.06. The molecule has 1 heterocycles. The molecule has 6 heteroatoms. The molecular formula is C11H18BrNO3S. The van der Waals surface area contributed by atoms with Crippen molar-refractivity contribution in [1.82, 2.24) is 5.32 Å². The van der Waals surface area contributed by atoms with Crippen LogP contribution in [-0.2, 0) is 9.84 Å². The molecule has 0 amide bonds. The number of furan rings is 1. The minimum atomic E-state index is -2.88. The molecule has 0 fully saturated rings. The van der Waals surface area contributed by atoms with Crippen LogP contribution in [0, 0.1) is 0 Å². The molecule has 0 aliphatic rings. The van der Waals surface area contributed by atoms with Crippen molar-refractivity contribution < 1.29 is 12.8 Å². The summed E-state index contributed by atoms with van der Waals surface area (Å²) in [5, 5.41) is 3.29. The Balaban J connectivity index is 2.55. The van der Waals surface area contributed by atoms with Crippen molar-refractivity contribution in [3.63, 3.8) is 0 Å². The van der Waals surface area contributed by atoms with Crippen LogP contribution in [-0.4, -0.2) is 27.0 Å². The number of sulfone groups is 1. The van der Waals surface area contributed by atoms with Crippen molar-refractivity contribution in [1.29, 1.82) is 0 Å². The third kappa shape index (κ3) is 5.70. The summed E-state index contributed by atoms with van der Waals surface area (Å²) in [6.07, 6.45) is 2.65. The minimum Gasteiger partial charge on any atom is -0.453 e. The van der Waals surface area contributed by atoms with Crippen LogP contribution in [0.1, 0.15) is 31.6 Å². The first-order chi connectivity index (χ1) is 7.92. The molecule has 0 radical (unpaired) electrons. The van der Waals surface area contributed by atoms with Gasteiger partial charge in [0.25, 0.3) is 0 Å². The predicted octanol–water partition coefficient (Wildman–Crippen LogP) is 2.52. The topological polar surface area (TPSA) is 59.3 Å². The van der Waals surface area contributed by atoms with E-state index in [2.05, 4.69) is 21.2 Å². The van der Waals surface area contributed by atoms with Gasteiger partial charge in [-0.15, -0.1) is 0 Å². The zero-order valence-corrected chi connectivity index (χ0v) is 12.5. The first-order valence-electron chi connectivity index (χ1n) is 5.58. The van der Waals surface area contributed by atoms with Gasteiger partial charge in [-0.25, -0.2) is 8.42 Å². The smallest absolute Gasteiger partial charge is 0.169 e. The largest absolute Gasteiger partial charge is 0.453 e. The highest BCUT2D eigenvalue weighted by atomic mass is 79.9. The maximum Gasteiger partial charge on any atom is 0.169 e. The molecule has 0 spiro atoms. The molecule has 0 saturated carbocycles. The average molecular weight is 324 g/mol. The van der Waals surface area contributed by atoms with E-state index >= 15 is 0 Å². The van der Waals surface area contributed by atoms with Gasteiger partial charge in [0, 0.05) is 12.0 Å². The molecule has 0 bridgehead atoms. The van der Waals surface area contributed by atoms with Crippen LogP contribution >= 0.6 is 15.9 Å². The van der Waals surface area contributed by atoms with E-state index in [1.807, 2.05) is 19.1 Å². The Morgan fingerprint density at radius 3 is 2.65 bits per heavy atom. The quantitative estimate of drug-likeness (QED) is 0.837. The van der Waals surface area contributed by atoms with Crippen molar-refractivity contribution >= 4 is 25.8 Å².